The number of Topliss-reactive ketones (excluding diaryl/α,β-unsaturated/α-hetero) is 2. The zero-order valence-electron chi connectivity index (χ0n) is 19.3. The van der Waals surface area contributed by atoms with Crippen molar-refractivity contribution >= 4 is 11.6 Å². The molecule has 5 aliphatic rings. The van der Waals surface area contributed by atoms with Gasteiger partial charge >= 0.3 is 0 Å². The largest absolute Gasteiger partial charge is 0.393 e. The molecule has 1 heterocycles. The molecule has 5 rings (SSSR count). The third-order valence-electron chi connectivity index (χ3n) is 9.87. The lowest BCUT2D eigenvalue weighted by Crippen LogP contribution is -2.41. The number of rotatable bonds is 4. The molecule has 0 aromatic heterocycles. The van der Waals surface area contributed by atoms with E-state index in [1.807, 2.05) is 0 Å². The van der Waals surface area contributed by atoms with E-state index >= 15 is 0 Å². The maximum atomic E-state index is 13.4. The molecule has 0 aromatic rings. The monoisotopic (exact) mass is 430 g/mol. The van der Waals surface area contributed by atoms with Gasteiger partial charge in [-0.15, -0.1) is 0 Å². The Morgan fingerprint density at radius 3 is 2.10 bits per heavy atom. The molecule has 6 unspecified atom stereocenters. The van der Waals surface area contributed by atoms with Crippen LogP contribution in [0.5, 0.6) is 0 Å². The first-order valence-corrected chi connectivity index (χ1v) is 13.4. The van der Waals surface area contributed by atoms with Crippen LogP contribution in [0.1, 0.15) is 96.8 Å². The Balaban J connectivity index is 1.23. The van der Waals surface area contributed by atoms with Crippen molar-refractivity contribution in [3.05, 3.63) is 0 Å². The third kappa shape index (κ3) is 4.40. The van der Waals surface area contributed by atoms with Crippen LogP contribution in [-0.2, 0) is 14.3 Å². The Morgan fingerprint density at radius 2 is 1.35 bits per heavy atom. The van der Waals surface area contributed by atoms with Crippen LogP contribution in [0.2, 0.25) is 0 Å². The smallest absolute Gasteiger partial charge is 0.141 e. The van der Waals surface area contributed by atoms with Crippen LogP contribution < -0.4 is 0 Å². The third-order valence-corrected chi connectivity index (χ3v) is 9.87. The van der Waals surface area contributed by atoms with E-state index in [0.29, 0.717) is 29.3 Å². The molecule has 0 aromatic carbocycles. The summed E-state index contributed by atoms with van der Waals surface area (Å²) in [6, 6.07) is 0. The molecule has 0 spiro atoms. The van der Waals surface area contributed by atoms with Crippen molar-refractivity contribution in [1.29, 1.82) is 0 Å². The molecule has 1 N–H and O–H groups in total. The topological polar surface area (TPSA) is 63.6 Å². The predicted octanol–water partition coefficient (Wildman–Crippen LogP) is 5.10. The van der Waals surface area contributed by atoms with Crippen molar-refractivity contribution in [2.45, 2.75) is 115 Å². The van der Waals surface area contributed by atoms with E-state index in [-0.39, 0.29) is 36.1 Å². The number of ether oxygens (including phenoxy) is 1. The van der Waals surface area contributed by atoms with Crippen LogP contribution in [0.3, 0.4) is 0 Å². The van der Waals surface area contributed by atoms with Gasteiger partial charge in [-0.05, 0) is 88.4 Å². The van der Waals surface area contributed by atoms with E-state index in [2.05, 4.69) is 6.92 Å². The van der Waals surface area contributed by atoms with E-state index < -0.39 is 0 Å². The molecular formula is C27H42O4. The second-order valence-electron chi connectivity index (χ2n) is 11.8. The minimum absolute atomic E-state index is 0.0542. The van der Waals surface area contributed by atoms with E-state index in [4.69, 9.17) is 4.74 Å². The molecule has 0 bridgehead atoms. The Labute approximate surface area is 187 Å². The lowest BCUT2D eigenvalue weighted by atomic mass is 9.64. The van der Waals surface area contributed by atoms with Crippen LogP contribution >= 0.6 is 0 Å². The fourth-order valence-corrected chi connectivity index (χ4v) is 7.96. The summed E-state index contributed by atoms with van der Waals surface area (Å²) in [5.74, 6) is 3.44. The summed E-state index contributed by atoms with van der Waals surface area (Å²) >= 11 is 0. The molecule has 1 saturated heterocycles. The van der Waals surface area contributed by atoms with Gasteiger partial charge in [0.15, 0.2) is 0 Å². The van der Waals surface area contributed by atoms with E-state index in [0.717, 1.165) is 76.5 Å². The number of hydrogen-bond donors (Lipinski definition) is 1. The molecule has 4 aliphatic carbocycles. The second-order valence-corrected chi connectivity index (χ2v) is 11.8. The highest BCUT2D eigenvalue weighted by Gasteiger charge is 2.53. The summed E-state index contributed by atoms with van der Waals surface area (Å²) in [6.45, 7) is 2.32. The zero-order chi connectivity index (χ0) is 21.5. The number of aliphatic hydroxyl groups excluding tert-OH is 1. The van der Waals surface area contributed by atoms with Crippen LogP contribution in [0.25, 0.3) is 0 Å². The Hall–Kier alpha value is -0.740. The SMILES string of the molecule is CC1CCC(C(=O)C2CCC3OC4C(C(=O)C5CCC(O)CC5)CCCC4C3C2)CC1. The van der Waals surface area contributed by atoms with Crippen LogP contribution in [0, 0.1) is 41.4 Å². The second kappa shape index (κ2) is 9.25. The first kappa shape index (κ1) is 22.1. The van der Waals surface area contributed by atoms with Gasteiger partial charge in [0.2, 0.25) is 0 Å². The quantitative estimate of drug-likeness (QED) is 0.674. The molecule has 6 atom stereocenters. The van der Waals surface area contributed by atoms with E-state index in [1.165, 1.54) is 19.3 Å². The lowest BCUT2D eigenvalue weighted by Gasteiger charge is -2.38. The summed E-state index contributed by atoms with van der Waals surface area (Å²) < 4.78 is 6.62. The highest BCUT2D eigenvalue weighted by Crippen LogP contribution is 2.52. The van der Waals surface area contributed by atoms with Crippen molar-refractivity contribution in [3.63, 3.8) is 0 Å². The summed E-state index contributed by atoms with van der Waals surface area (Å²) in [4.78, 5) is 26.7. The van der Waals surface area contributed by atoms with Gasteiger partial charge in [0.05, 0.1) is 18.3 Å². The van der Waals surface area contributed by atoms with Gasteiger partial charge in [-0.2, -0.15) is 0 Å². The Morgan fingerprint density at radius 1 is 0.710 bits per heavy atom. The molecular weight excluding hydrogens is 388 g/mol. The number of ketones is 2. The minimum atomic E-state index is -0.212. The first-order valence-electron chi connectivity index (χ1n) is 13.4. The van der Waals surface area contributed by atoms with Crippen LogP contribution in [0.15, 0.2) is 0 Å². The highest BCUT2D eigenvalue weighted by atomic mass is 16.5. The predicted molar refractivity (Wildman–Crippen MR) is 119 cm³/mol. The standard InChI is InChI=1S/C27H42O4/c1-16-5-7-17(8-6-16)25(29)19-11-14-24-23(15-19)21-3-2-4-22(27(21)31-24)26(30)18-9-12-20(28)13-10-18/h16-24,27-28H,2-15H2,1H3. The minimum Gasteiger partial charge on any atom is -0.393 e. The zero-order valence-corrected chi connectivity index (χ0v) is 19.3. The number of carbonyl (C=O) groups is 2. The van der Waals surface area contributed by atoms with Gasteiger partial charge in [-0.25, -0.2) is 0 Å². The Bertz CT molecular complexity index is 658. The summed E-state index contributed by atoms with van der Waals surface area (Å²) in [7, 11) is 0. The van der Waals surface area contributed by atoms with Crippen LogP contribution in [0.4, 0.5) is 0 Å². The van der Waals surface area contributed by atoms with E-state index in [1.54, 1.807) is 0 Å². The van der Waals surface area contributed by atoms with Gasteiger partial charge in [-0.3, -0.25) is 9.59 Å². The Kier molecular flexibility index (Phi) is 6.59. The summed E-state index contributed by atoms with van der Waals surface area (Å²) in [5.41, 5.74) is 0. The van der Waals surface area contributed by atoms with Crippen molar-refractivity contribution in [2.24, 2.45) is 41.4 Å². The molecule has 174 valence electrons. The van der Waals surface area contributed by atoms with E-state index in [9.17, 15) is 14.7 Å². The molecule has 0 radical (unpaired) electrons. The summed E-state index contributed by atoms with van der Waals surface area (Å²) in [5, 5.41) is 9.82. The van der Waals surface area contributed by atoms with Crippen molar-refractivity contribution in [1.82, 2.24) is 0 Å². The van der Waals surface area contributed by atoms with Crippen molar-refractivity contribution in [2.75, 3.05) is 0 Å². The normalized spacial score (nSPS) is 47.9. The van der Waals surface area contributed by atoms with Gasteiger partial charge < -0.3 is 9.84 Å². The number of hydrogen-bond acceptors (Lipinski definition) is 4. The molecule has 0 amide bonds. The van der Waals surface area contributed by atoms with Gasteiger partial charge in [0.1, 0.15) is 11.6 Å². The average Bonchev–Trinajstić information content (AvgIpc) is 3.17. The first-order chi connectivity index (χ1) is 15.0. The molecule has 31 heavy (non-hydrogen) atoms. The average molecular weight is 431 g/mol. The molecule has 4 heteroatoms. The van der Waals surface area contributed by atoms with Gasteiger partial charge in [-0.1, -0.05) is 26.2 Å². The molecule has 4 saturated carbocycles. The maximum Gasteiger partial charge on any atom is 0.141 e. The number of carbonyl (C=O) groups excluding carboxylic acids is 2. The fraction of sp³-hybridized carbons (Fsp3) is 0.926. The summed E-state index contributed by atoms with van der Waals surface area (Å²) in [6.07, 6.45) is 14.3. The van der Waals surface area contributed by atoms with Crippen molar-refractivity contribution < 1.29 is 19.4 Å². The molecule has 5 fully saturated rings. The van der Waals surface area contributed by atoms with Crippen molar-refractivity contribution in [3.8, 4) is 0 Å². The fourth-order valence-electron chi connectivity index (χ4n) is 7.96. The lowest BCUT2D eigenvalue weighted by molar-refractivity contribution is -0.136. The number of aliphatic hydroxyl groups is 1. The highest BCUT2D eigenvalue weighted by molar-refractivity contribution is 5.84. The van der Waals surface area contributed by atoms with Gasteiger partial charge in [0, 0.05) is 23.7 Å². The molecule has 1 aliphatic heterocycles. The maximum absolute atomic E-state index is 13.4. The number of fused-ring (bicyclic) bond motifs is 3. The van der Waals surface area contributed by atoms with Crippen LogP contribution in [-0.4, -0.2) is 35.0 Å². The molecule has 4 nitrogen and oxygen atoms in total. The van der Waals surface area contributed by atoms with Gasteiger partial charge in [0.25, 0.3) is 0 Å².